The van der Waals surface area contributed by atoms with Crippen molar-refractivity contribution in [2.24, 2.45) is 5.92 Å². The van der Waals surface area contributed by atoms with Crippen molar-refractivity contribution in [1.82, 2.24) is 10.2 Å². The molecule has 1 aliphatic heterocycles. The third-order valence-electron chi connectivity index (χ3n) is 4.16. The normalized spacial score (nSPS) is 16.7. The maximum Gasteiger partial charge on any atom is 0.223 e. The second kappa shape index (κ2) is 8.03. The molecule has 1 amide bonds. The quantitative estimate of drug-likeness (QED) is 0.816. The Morgan fingerprint density at radius 2 is 2.14 bits per heavy atom. The van der Waals surface area contributed by atoms with Gasteiger partial charge in [-0.05, 0) is 63.5 Å². The number of ether oxygens (including phenoxy) is 1. The number of amides is 1. The van der Waals surface area contributed by atoms with Gasteiger partial charge in [-0.1, -0.05) is 12.1 Å². The first-order valence-corrected chi connectivity index (χ1v) is 7.78. The number of carbonyl (C=O) groups is 1. The van der Waals surface area contributed by atoms with Crippen LogP contribution in [0.5, 0.6) is 5.75 Å². The number of aryl methyl sites for hydroxylation is 1. The minimum Gasteiger partial charge on any atom is -0.497 e. The molecule has 1 aliphatic rings. The maximum atomic E-state index is 12.1. The third-order valence-corrected chi connectivity index (χ3v) is 4.16. The summed E-state index contributed by atoms with van der Waals surface area (Å²) in [5.74, 6) is 1.33. The van der Waals surface area contributed by atoms with E-state index >= 15 is 0 Å². The van der Waals surface area contributed by atoms with Gasteiger partial charge in [-0.2, -0.15) is 0 Å². The number of rotatable bonds is 6. The van der Waals surface area contributed by atoms with Gasteiger partial charge in [0, 0.05) is 12.5 Å². The molecule has 4 nitrogen and oxygen atoms in total. The Kier molecular flexibility index (Phi) is 6.05. The molecule has 0 aliphatic carbocycles. The van der Waals surface area contributed by atoms with Gasteiger partial charge in [0.05, 0.1) is 7.11 Å². The Labute approximate surface area is 127 Å². The average Bonchev–Trinajstić information content (AvgIpc) is 2.52. The fourth-order valence-electron chi connectivity index (χ4n) is 2.75. The van der Waals surface area contributed by atoms with Gasteiger partial charge in [0.25, 0.3) is 0 Å². The highest BCUT2D eigenvalue weighted by molar-refractivity contribution is 5.78. The lowest BCUT2D eigenvalue weighted by molar-refractivity contribution is -0.126. The van der Waals surface area contributed by atoms with Crippen molar-refractivity contribution in [2.45, 2.75) is 25.7 Å². The summed E-state index contributed by atoms with van der Waals surface area (Å²) in [5, 5.41) is 3.08. The molecule has 2 rings (SSSR count). The summed E-state index contributed by atoms with van der Waals surface area (Å²) in [6.07, 6.45) is 3.90. The highest BCUT2D eigenvalue weighted by Gasteiger charge is 2.22. The molecule has 1 fully saturated rings. The number of hydrogen-bond donors (Lipinski definition) is 1. The van der Waals surface area contributed by atoms with E-state index in [1.807, 2.05) is 12.1 Å². The first-order chi connectivity index (χ1) is 10.2. The zero-order valence-electron chi connectivity index (χ0n) is 13.1. The molecule has 0 spiro atoms. The lowest BCUT2D eigenvalue weighted by Crippen LogP contribution is -2.39. The summed E-state index contributed by atoms with van der Waals surface area (Å²) >= 11 is 0. The molecule has 1 heterocycles. The van der Waals surface area contributed by atoms with Crippen molar-refractivity contribution in [2.75, 3.05) is 33.8 Å². The Morgan fingerprint density at radius 1 is 1.38 bits per heavy atom. The average molecular weight is 290 g/mol. The van der Waals surface area contributed by atoms with Crippen LogP contribution in [-0.4, -0.2) is 44.6 Å². The second-order valence-corrected chi connectivity index (χ2v) is 5.82. The van der Waals surface area contributed by atoms with Gasteiger partial charge in [-0.3, -0.25) is 4.79 Å². The molecule has 116 valence electrons. The monoisotopic (exact) mass is 290 g/mol. The van der Waals surface area contributed by atoms with Crippen molar-refractivity contribution in [3.63, 3.8) is 0 Å². The minimum atomic E-state index is 0.206. The van der Waals surface area contributed by atoms with Crippen molar-refractivity contribution < 1.29 is 9.53 Å². The van der Waals surface area contributed by atoms with E-state index in [0.29, 0.717) is 0 Å². The van der Waals surface area contributed by atoms with Crippen molar-refractivity contribution in [1.29, 1.82) is 0 Å². The molecule has 1 aromatic carbocycles. The zero-order chi connectivity index (χ0) is 15.1. The number of methoxy groups -OCH3 is 1. The van der Waals surface area contributed by atoms with Gasteiger partial charge < -0.3 is 15.0 Å². The Bertz CT molecular complexity index is 454. The fraction of sp³-hybridized carbons (Fsp3) is 0.588. The fourth-order valence-corrected chi connectivity index (χ4v) is 2.75. The molecule has 1 aromatic rings. The smallest absolute Gasteiger partial charge is 0.223 e. The second-order valence-electron chi connectivity index (χ2n) is 5.82. The van der Waals surface area contributed by atoms with E-state index in [2.05, 4.69) is 29.4 Å². The van der Waals surface area contributed by atoms with E-state index in [4.69, 9.17) is 4.74 Å². The van der Waals surface area contributed by atoms with Gasteiger partial charge in [-0.15, -0.1) is 0 Å². The Morgan fingerprint density at radius 3 is 2.86 bits per heavy atom. The van der Waals surface area contributed by atoms with Crippen LogP contribution in [-0.2, 0) is 11.2 Å². The van der Waals surface area contributed by atoms with E-state index in [1.54, 1.807) is 7.11 Å². The molecule has 21 heavy (non-hydrogen) atoms. The van der Waals surface area contributed by atoms with Crippen LogP contribution in [0.3, 0.4) is 0 Å². The first kappa shape index (κ1) is 15.8. The van der Waals surface area contributed by atoms with Crippen LogP contribution in [0.2, 0.25) is 0 Å². The molecule has 0 saturated carbocycles. The SMILES string of the molecule is COc1cccc(CCCNC(=O)C2CCN(C)CC2)c1. The van der Waals surface area contributed by atoms with Crippen LogP contribution in [0.1, 0.15) is 24.8 Å². The van der Waals surface area contributed by atoms with E-state index in [-0.39, 0.29) is 11.8 Å². The van der Waals surface area contributed by atoms with Crippen LogP contribution in [0, 0.1) is 5.92 Å². The maximum absolute atomic E-state index is 12.1. The van der Waals surface area contributed by atoms with Gasteiger partial charge in [0.15, 0.2) is 0 Å². The van der Waals surface area contributed by atoms with Gasteiger partial charge in [0.2, 0.25) is 5.91 Å². The summed E-state index contributed by atoms with van der Waals surface area (Å²) in [7, 11) is 3.79. The first-order valence-electron chi connectivity index (χ1n) is 7.78. The van der Waals surface area contributed by atoms with E-state index in [0.717, 1.165) is 51.1 Å². The van der Waals surface area contributed by atoms with Crippen LogP contribution >= 0.6 is 0 Å². The van der Waals surface area contributed by atoms with Crippen molar-refractivity contribution in [3.05, 3.63) is 29.8 Å². The zero-order valence-corrected chi connectivity index (χ0v) is 13.1. The molecule has 0 aromatic heterocycles. The number of carbonyl (C=O) groups excluding carboxylic acids is 1. The van der Waals surface area contributed by atoms with Crippen molar-refractivity contribution in [3.8, 4) is 5.75 Å². The summed E-state index contributed by atoms with van der Waals surface area (Å²) in [6, 6.07) is 8.11. The van der Waals surface area contributed by atoms with Gasteiger partial charge in [-0.25, -0.2) is 0 Å². The molecule has 0 radical (unpaired) electrons. The standard InChI is InChI=1S/C17H26N2O2/c1-19-11-8-15(9-12-19)17(20)18-10-4-6-14-5-3-7-16(13-14)21-2/h3,5,7,13,15H,4,6,8-12H2,1-2H3,(H,18,20). The lowest BCUT2D eigenvalue weighted by atomic mass is 9.96. The molecule has 0 bridgehead atoms. The number of nitrogens with one attached hydrogen (secondary N) is 1. The van der Waals surface area contributed by atoms with E-state index < -0.39 is 0 Å². The summed E-state index contributed by atoms with van der Waals surface area (Å²) in [4.78, 5) is 14.4. The number of piperidine rings is 1. The molecule has 0 unspecified atom stereocenters. The number of likely N-dealkylation sites (tertiary alicyclic amines) is 1. The summed E-state index contributed by atoms with van der Waals surface area (Å²) < 4.78 is 5.21. The molecular weight excluding hydrogens is 264 g/mol. The summed E-state index contributed by atoms with van der Waals surface area (Å²) in [5.41, 5.74) is 1.25. The van der Waals surface area contributed by atoms with Crippen LogP contribution in [0.15, 0.2) is 24.3 Å². The third kappa shape index (κ3) is 5.05. The Balaban J connectivity index is 1.66. The van der Waals surface area contributed by atoms with E-state index in [9.17, 15) is 4.79 Å². The largest absolute Gasteiger partial charge is 0.497 e. The molecule has 4 heteroatoms. The summed E-state index contributed by atoms with van der Waals surface area (Å²) in [6.45, 7) is 2.81. The molecule has 1 saturated heterocycles. The predicted octanol–water partition coefficient (Wildman–Crippen LogP) is 2.09. The lowest BCUT2D eigenvalue weighted by Gasteiger charge is -2.28. The number of nitrogens with zero attached hydrogens (tertiary/aromatic N) is 1. The van der Waals surface area contributed by atoms with E-state index in [1.165, 1.54) is 5.56 Å². The van der Waals surface area contributed by atoms with Gasteiger partial charge >= 0.3 is 0 Å². The topological polar surface area (TPSA) is 41.6 Å². The Hall–Kier alpha value is -1.55. The van der Waals surface area contributed by atoms with Crippen LogP contribution < -0.4 is 10.1 Å². The minimum absolute atomic E-state index is 0.206. The number of benzene rings is 1. The van der Waals surface area contributed by atoms with Crippen LogP contribution in [0.25, 0.3) is 0 Å². The highest BCUT2D eigenvalue weighted by atomic mass is 16.5. The molecular formula is C17H26N2O2. The predicted molar refractivity (Wildman–Crippen MR) is 84.5 cm³/mol. The molecule has 0 atom stereocenters. The van der Waals surface area contributed by atoms with Gasteiger partial charge in [0.1, 0.15) is 5.75 Å². The van der Waals surface area contributed by atoms with Crippen molar-refractivity contribution >= 4 is 5.91 Å². The molecule has 1 N–H and O–H groups in total. The highest BCUT2D eigenvalue weighted by Crippen LogP contribution is 2.16. The van der Waals surface area contributed by atoms with Crippen LogP contribution in [0.4, 0.5) is 0 Å². The number of hydrogen-bond acceptors (Lipinski definition) is 3.